The molecule has 47 heavy (non-hydrogen) atoms. The molecule has 218 valence electrons. The summed E-state index contributed by atoms with van der Waals surface area (Å²) in [4.78, 5) is 2.45. The number of benzene rings is 7. The van der Waals surface area contributed by atoms with Gasteiger partial charge in [-0.25, -0.2) is 0 Å². The molecule has 1 aromatic heterocycles. The molecule has 0 spiro atoms. The lowest BCUT2D eigenvalue weighted by Crippen LogP contribution is -2.58. The maximum Gasteiger partial charge on any atom is 0.256 e. The SMILES string of the molecule is c1ccc(-c2cc3c4c5c2c2ccccc2n5-c2cc(N5c6ccccc6Cc6ccccc65)ccc2B4c2ccccc2O3)cc1. The van der Waals surface area contributed by atoms with Crippen LogP contribution in [0.4, 0.5) is 17.1 Å². The van der Waals surface area contributed by atoms with Crippen molar-refractivity contribution >= 4 is 62.0 Å². The number of hydrogen-bond acceptors (Lipinski definition) is 2. The minimum absolute atomic E-state index is 0.0593. The molecule has 3 nitrogen and oxygen atoms in total. The molecule has 0 unspecified atom stereocenters. The van der Waals surface area contributed by atoms with Gasteiger partial charge in [-0.15, -0.1) is 0 Å². The number of hydrogen-bond donors (Lipinski definition) is 0. The third kappa shape index (κ3) is 3.37. The van der Waals surface area contributed by atoms with E-state index in [1.54, 1.807) is 0 Å². The molecular weight excluding hydrogens is 571 g/mol. The maximum absolute atomic E-state index is 6.79. The van der Waals surface area contributed by atoms with Crippen LogP contribution in [0.25, 0.3) is 38.6 Å². The van der Waals surface area contributed by atoms with E-state index in [1.165, 1.54) is 77.5 Å². The molecule has 0 N–H and O–H groups in total. The van der Waals surface area contributed by atoms with Gasteiger partial charge in [-0.1, -0.05) is 109 Å². The number of ether oxygens (including phenoxy) is 1. The molecule has 3 aliphatic heterocycles. The Morgan fingerprint density at radius 3 is 2.09 bits per heavy atom. The summed E-state index contributed by atoms with van der Waals surface area (Å²) in [6, 6.07) is 55.3. The number of rotatable bonds is 2. The van der Waals surface area contributed by atoms with Crippen LogP contribution in [0.1, 0.15) is 11.1 Å². The minimum atomic E-state index is 0.0593. The molecule has 3 aliphatic rings. The van der Waals surface area contributed by atoms with Crippen molar-refractivity contribution in [1.82, 2.24) is 4.57 Å². The van der Waals surface area contributed by atoms with Gasteiger partial charge in [-0.3, -0.25) is 0 Å². The van der Waals surface area contributed by atoms with Crippen LogP contribution in [0.15, 0.2) is 152 Å². The molecule has 8 aromatic rings. The summed E-state index contributed by atoms with van der Waals surface area (Å²) in [5.41, 5.74) is 16.2. The molecular formula is C43H27BN2O. The predicted molar refractivity (Wildman–Crippen MR) is 195 cm³/mol. The van der Waals surface area contributed by atoms with Crippen LogP contribution >= 0.6 is 0 Å². The second-order valence-corrected chi connectivity index (χ2v) is 12.9. The van der Waals surface area contributed by atoms with Gasteiger partial charge in [0.2, 0.25) is 0 Å². The molecule has 4 heterocycles. The largest absolute Gasteiger partial charge is 0.458 e. The van der Waals surface area contributed by atoms with Crippen LogP contribution in [0, 0.1) is 0 Å². The second kappa shape index (κ2) is 9.28. The van der Waals surface area contributed by atoms with E-state index in [1.807, 2.05) is 0 Å². The Hall–Kier alpha value is -6.00. The second-order valence-electron chi connectivity index (χ2n) is 12.9. The van der Waals surface area contributed by atoms with Crippen molar-refractivity contribution < 1.29 is 4.74 Å². The minimum Gasteiger partial charge on any atom is -0.458 e. The third-order valence-electron chi connectivity index (χ3n) is 10.4. The fourth-order valence-electron chi connectivity index (χ4n) is 8.51. The first-order valence-electron chi connectivity index (χ1n) is 16.4. The zero-order valence-corrected chi connectivity index (χ0v) is 25.5. The van der Waals surface area contributed by atoms with E-state index in [0.29, 0.717) is 0 Å². The van der Waals surface area contributed by atoms with Crippen LogP contribution in [0.5, 0.6) is 11.5 Å². The van der Waals surface area contributed by atoms with Crippen molar-refractivity contribution in [3.8, 4) is 28.3 Å². The van der Waals surface area contributed by atoms with Crippen molar-refractivity contribution in [3.05, 3.63) is 163 Å². The van der Waals surface area contributed by atoms with Gasteiger partial charge < -0.3 is 14.2 Å². The van der Waals surface area contributed by atoms with Gasteiger partial charge in [0.1, 0.15) is 11.5 Å². The van der Waals surface area contributed by atoms with Crippen LogP contribution in [-0.4, -0.2) is 11.3 Å². The lowest BCUT2D eigenvalue weighted by molar-refractivity contribution is 0.488. The average Bonchev–Trinajstić information content (AvgIpc) is 3.49. The number of fused-ring (bicyclic) bond motifs is 10. The van der Waals surface area contributed by atoms with E-state index < -0.39 is 0 Å². The molecule has 4 heteroatoms. The van der Waals surface area contributed by atoms with Gasteiger partial charge in [-0.05, 0) is 81.1 Å². The Kier molecular flexibility index (Phi) is 4.98. The zero-order valence-electron chi connectivity index (χ0n) is 25.5. The molecule has 0 radical (unpaired) electrons. The summed E-state index contributed by atoms with van der Waals surface area (Å²) < 4.78 is 9.31. The highest BCUT2D eigenvalue weighted by Gasteiger charge is 2.41. The van der Waals surface area contributed by atoms with E-state index in [-0.39, 0.29) is 6.71 Å². The summed E-state index contributed by atoms with van der Waals surface area (Å²) in [6.07, 6.45) is 0.938. The topological polar surface area (TPSA) is 17.4 Å². The van der Waals surface area contributed by atoms with Crippen LogP contribution < -0.4 is 26.0 Å². The van der Waals surface area contributed by atoms with Gasteiger partial charge in [-0.2, -0.15) is 0 Å². The monoisotopic (exact) mass is 598 g/mol. The normalized spacial score (nSPS) is 13.5. The summed E-state index contributed by atoms with van der Waals surface area (Å²) >= 11 is 0. The standard InChI is InChI=1S/C43H27BN2O/c1-2-12-27(13-3-1)32-26-40-42-43-41(32)31-16-6-10-20-37(31)46(43)38-25-30(22-23-33(38)44(42)34-17-7-11-21-39(34)47-40)45-35-18-8-4-14-28(35)24-29-15-5-9-19-36(29)45/h1-23,25-26H,24H2. The van der Waals surface area contributed by atoms with Gasteiger partial charge in [0.15, 0.2) is 0 Å². The smallest absolute Gasteiger partial charge is 0.256 e. The molecule has 0 aliphatic carbocycles. The summed E-state index contributed by atoms with van der Waals surface area (Å²) in [7, 11) is 0. The molecule has 0 atom stereocenters. The Labute approximate surface area is 273 Å². The van der Waals surface area contributed by atoms with Crippen molar-refractivity contribution in [2.24, 2.45) is 0 Å². The summed E-state index contributed by atoms with van der Waals surface area (Å²) in [5.74, 6) is 1.87. The van der Waals surface area contributed by atoms with Gasteiger partial charge in [0, 0.05) is 39.9 Å². The first-order chi connectivity index (χ1) is 23.3. The number of nitrogens with zero attached hydrogens (tertiary/aromatic N) is 2. The zero-order chi connectivity index (χ0) is 30.6. The molecule has 0 bridgehead atoms. The van der Waals surface area contributed by atoms with Gasteiger partial charge in [0.05, 0.1) is 11.0 Å². The molecule has 7 aromatic carbocycles. The highest BCUT2D eigenvalue weighted by molar-refractivity contribution is 6.99. The van der Waals surface area contributed by atoms with Gasteiger partial charge in [0.25, 0.3) is 6.71 Å². The molecule has 0 fully saturated rings. The fourth-order valence-corrected chi connectivity index (χ4v) is 8.51. The maximum atomic E-state index is 6.79. The van der Waals surface area contributed by atoms with Crippen molar-refractivity contribution in [2.75, 3.05) is 4.90 Å². The van der Waals surface area contributed by atoms with E-state index >= 15 is 0 Å². The first kappa shape index (κ1) is 25.2. The fraction of sp³-hybridized carbons (Fsp3) is 0.0233. The van der Waals surface area contributed by atoms with E-state index in [4.69, 9.17) is 4.74 Å². The van der Waals surface area contributed by atoms with Crippen molar-refractivity contribution in [1.29, 1.82) is 0 Å². The van der Waals surface area contributed by atoms with Crippen molar-refractivity contribution in [3.63, 3.8) is 0 Å². The molecule has 11 rings (SSSR count). The molecule has 0 amide bonds. The van der Waals surface area contributed by atoms with Crippen molar-refractivity contribution in [2.45, 2.75) is 6.42 Å². The van der Waals surface area contributed by atoms with E-state index in [0.717, 1.165) is 23.6 Å². The quantitative estimate of drug-likeness (QED) is 0.185. The van der Waals surface area contributed by atoms with Crippen LogP contribution in [0.3, 0.4) is 0 Å². The van der Waals surface area contributed by atoms with E-state index in [2.05, 4.69) is 161 Å². The number of para-hydroxylation sites is 4. The van der Waals surface area contributed by atoms with Crippen LogP contribution in [-0.2, 0) is 6.42 Å². The van der Waals surface area contributed by atoms with Crippen LogP contribution in [0.2, 0.25) is 0 Å². The highest BCUT2D eigenvalue weighted by Crippen LogP contribution is 2.47. The Balaban J connectivity index is 1.27. The first-order valence-corrected chi connectivity index (χ1v) is 16.4. The summed E-state index contributed by atoms with van der Waals surface area (Å²) in [6.45, 7) is 0.0593. The Bertz CT molecular complexity index is 2560. The lowest BCUT2D eigenvalue weighted by Gasteiger charge is -2.36. The number of anilines is 3. The summed E-state index contributed by atoms with van der Waals surface area (Å²) in [5, 5.41) is 2.54. The molecule has 0 saturated heterocycles. The Morgan fingerprint density at radius 2 is 1.26 bits per heavy atom. The third-order valence-corrected chi connectivity index (χ3v) is 10.4. The van der Waals surface area contributed by atoms with E-state index in [9.17, 15) is 0 Å². The highest BCUT2D eigenvalue weighted by atomic mass is 16.5. The average molecular weight is 599 g/mol. The molecule has 0 saturated carbocycles. The number of aromatic nitrogens is 1. The van der Waals surface area contributed by atoms with Gasteiger partial charge >= 0.3 is 0 Å². The lowest BCUT2D eigenvalue weighted by atomic mass is 9.34. The predicted octanol–water partition coefficient (Wildman–Crippen LogP) is 8.76. The Morgan fingerprint density at radius 1 is 0.553 bits per heavy atom.